The molecule has 246 valence electrons. The fraction of sp³-hybridized carbons (Fsp3) is 0.0769. The van der Waals surface area contributed by atoms with E-state index in [0.717, 1.165) is 20.5 Å². The Morgan fingerprint density at radius 1 is 0.714 bits per heavy atom. The van der Waals surface area contributed by atoms with E-state index in [1.54, 1.807) is 73.7 Å². The fourth-order valence-corrected chi connectivity index (χ4v) is 5.92. The van der Waals surface area contributed by atoms with E-state index in [0.29, 0.717) is 22.5 Å². The highest BCUT2D eigenvalue weighted by atomic mass is 79.9. The van der Waals surface area contributed by atoms with Crippen LogP contribution < -0.4 is 16.0 Å². The molecule has 3 N–H and O–H groups in total. The van der Waals surface area contributed by atoms with Crippen LogP contribution in [0.2, 0.25) is 0 Å². The average Bonchev–Trinajstić information content (AvgIpc) is 3.13. The first-order chi connectivity index (χ1) is 23.8. The van der Waals surface area contributed by atoms with Gasteiger partial charge in [0, 0.05) is 26.3 Å². The Bertz CT molecular complexity index is 1930. The molecular formula is C39H32BrN3O5S. The summed E-state index contributed by atoms with van der Waals surface area (Å²) in [6.07, 6.45) is 1.61. The molecule has 3 amide bonds. The van der Waals surface area contributed by atoms with Crippen LogP contribution >= 0.6 is 27.7 Å². The molecule has 0 spiro atoms. The SMILES string of the molecule is CCOC(=O)c1ccc(NC(=O)C(Sc2ccc(NC(=O)/C(=C/c3ccc(Br)cc3)NC(=O)c3ccccc3)cc2)c2ccccc2)cc1. The highest BCUT2D eigenvalue weighted by Crippen LogP contribution is 2.37. The third kappa shape index (κ3) is 10.0. The molecule has 49 heavy (non-hydrogen) atoms. The molecule has 0 aliphatic carbocycles. The summed E-state index contributed by atoms with van der Waals surface area (Å²) in [6.45, 7) is 2.02. The van der Waals surface area contributed by atoms with Gasteiger partial charge in [0.05, 0.1) is 12.2 Å². The van der Waals surface area contributed by atoms with Gasteiger partial charge < -0.3 is 20.7 Å². The Morgan fingerprint density at radius 3 is 1.94 bits per heavy atom. The van der Waals surface area contributed by atoms with E-state index in [1.807, 2.05) is 72.8 Å². The first kappa shape index (κ1) is 34.9. The lowest BCUT2D eigenvalue weighted by Gasteiger charge is -2.18. The third-order valence-corrected chi connectivity index (χ3v) is 8.87. The molecule has 0 aliphatic heterocycles. The summed E-state index contributed by atoms with van der Waals surface area (Å²) in [5.41, 5.74) is 3.48. The van der Waals surface area contributed by atoms with Gasteiger partial charge in [-0.15, -0.1) is 11.8 Å². The van der Waals surface area contributed by atoms with Gasteiger partial charge in [-0.2, -0.15) is 0 Å². The van der Waals surface area contributed by atoms with Crippen molar-refractivity contribution in [3.05, 3.63) is 166 Å². The van der Waals surface area contributed by atoms with E-state index < -0.39 is 23.0 Å². The van der Waals surface area contributed by atoms with E-state index >= 15 is 0 Å². The minimum absolute atomic E-state index is 0.0747. The van der Waals surface area contributed by atoms with Gasteiger partial charge in [0.25, 0.3) is 11.8 Å². The van der Waals surface area contributed by atoms with E-state index in [1.165, 1.54) is 11.8 Å². The van der Waals surface area contributed by atoms with Crippen LogP contribution in [0.3, 0.4) is 0 Å². The molecule has 0 aliphatic rings. The van der Waals surface area contributed by atoms with Crippen LogP contribution in [0.4, 0.5) is 11.4 Å². The molecule has 0 bridgehead atoms. The van der Waals surface area contributed by atoms with Crippen molar-refractivity contribution in [3.8, 4) is 0 Å². The molecule has 5 aromatic rings. The van der Waals surface area contributed by atoms with Gasteiger partial charge >= 0.3 is 5.97 Å². The summed E-state index contributed by atoms with van der Waals surface area (Å²) in [6, 6.07) is 39.1. The van der Waals surface area contributed by atoms with Crippen LogP contribution in [0.25, 0.3) is 6.08 Å². The topological polar surface area (TPSA) is 114 Å². The molecule has 5 rings (SSSR count). The van der Waals surface area contributed by atoms with Crippen molar-refractivity contribution < 1.29 is 23.9 Å². The molecule has 0 heterocycles. The number of hydrogen-bond acceptors (Lipinski definition) is 6. The molecule has 5 aromatic carbocycles. The van der Waals surface area contributed by atoms with Crippen molar-refractivity contribution >= 4 is 68.8 Å². The average molecular weight is 735 g/mol. The number of benzene rings is 5. The summed E-state index contributed by atoms with van der Waals surface area (Å²) < 4.78 is 5.93. The molecule has 0 aromatic heterocycles. The normalized spacial score (nSPS) is 11.6. The van der Waals surface area contributed by atoms with Crippen LogP contribution in [0.15, 0.2) is 149 Å². The highest BCUT2D eigenvalue weighted by Gasteiger charge is 2.23. The zero-order chi connectivity index (χ0) is 34.6. The van der Waals surface area contributed by atoms with Gasteiger partial charge in [0.15, 0.2) is 0 Å². The maximum Gasteiger partial charge on any atom is 0.338 e. The standard InChI is InChI=1S/C39H32BrN3O5S/c1-2-48-39(47)29-15-19-31(20-16-29)42-38(46)35(27-9-5-3-6-10-27)49-33-23-21-32(22-24-33)41-37(45)34(25-26-13-17-30(40)18-14-26)43-36(44)28-11-7-4-8-12-28/h3-25,35H,2H2,1H3,(H,41,45)(H,42,46)(H,43,44)/b34-25-. The molecule has 0 fully saturated rings. The number of carbonyl (C=O) groups is 4. The lowest BCUT2D eigenvalue weighted by Crippen LogP contribution is -2.30. The van der Waals surface area contributed by atoms with Crippen LogP contribution in [0.5, 0.6) is 0 Å². The van der Waals surface area contributed by atoms with Gasteiger partial charge in [0.1, 0.15) is 10.9 Å². The summed E-state index contributed by atoms with van der Waals surface area (Å²) in [5, 5.41) is 7.96. The summed E-state index contributed by atoms with van der Waals surface area (Å²) >= 11 is 4.77. The quantitative estimate of drug-likeness (QED) is 0.0673. The minimum atomic E-state index is -0.597. The smallest absolute Gasteiger partial charge is 0.338 e. The summed E-state index contributed by atoms with van der Waals surface area (Å²) in [7, 11) is 0. The van der Waals surface area contributed by atoms with Gasteiger partial charge in [-0.05, 0) is 96.9 Å². The molecule has 1 atom stereocenters. The molecule has 8 nitrogen and oxygen atoms in total. The second-order valence-electron chi connectivity index (χ2n) is 10.6. The monoisotopic (exact) mass is 733 g/mol. The summed E-state index contributed by atoms with van der Waals surface area (Å²) in [4.78, 5) is 52.8. The largest absolute Gasteiger partial charge is 0.462 e. The van der Waals surface area contributed by atoms with Crippen molar-refractivity contribution in [2.45, 2.75) is 17.1 Å². The van der Waals surface area contributed by atoms with E-state index in [-0.39, 0.29) is 18.2 Å². The van der Waals surface area contributed by atoms with Crippen molar-refractivity contribution in [1.82, 2.24) is 5.32 Å². The second-order valence-corrected chi connectivity index (χ2v) is 12.7. The molecular weight excluding hydrogens is 702 g/mol. The number of anilines is 2. The lowest BCUT2D eigenvalue weighted by atomic mass is 10.1. The number of carbonyl (C=O) groups excluding carboxylic acids is 4. The van der Waals surface area contributed by atoms with Gasteiger partial charge in [0.2, 0.25) is 5.91 Å². The number of nitrogens with one attached hydrogen (secondary N) is 3. The van der Waals surface area contributed by atoms with Crippen molar-refractivity contribution in [3.63, 3.8) is 0 Å². The van der Waals surface area contributed by atoms with E-state index in [9.17, 15) is 19.2 Å². The summed E-state index contributed by atoms with van der Waals surface area (Å²) in [5.74, 6) is -1.57. The number of amides is 3. The first-order valence-electron chi connectivity index (χ1n) is 15.3. The van der Waals surface area contributed by atoms with Gasteiger partial charge in [-0.25, -0.2) is 4.79 Å². The van der Waals surface area contributed by atoms with E-state index in [4.69, 9.17) is 4.74 Å². The second kappa shape index (κ2) is 17.1. The number of esters is 1. The highest BCUT2D eigenvalue weighted by molar-refractivity contribution is 9.10. The Labute approximate surface area is 297 Å². The number of rotatable bonds is 12. The number of ether oxygens (including phenoxy) is 1. The molecule has 0 saturated heterocycles. The van der Waals surface area contributed by atoms with Crippen molar-refractivity contribution in [2.75, 3.05) is 17.2 Å². The molecule has 0 saturated carbocycles. The molecule has 10 heteroatoms. The zero-order valence-corrected chi connectivity index (χ0v) is 28.8. The molecule has 1 unspecified atom stereocenters. The first-order valence-corrected chi connectivity index (χ1v) is 17.0. The Hall–Kier alpha value is -5.45. The predicted molar refractivity (Wildman–Crippen MR) is 197 cm³/mol. The third-order valence-electron chi connectivity index (χ3n) is 7.08. The Morgan fingerprint density at radius 2 is 1.31 bits per heavy atom. The fourth-order valence-electron chi connectivity index (χ4n) is 4.63. The number of thioether (sulfide) groups is 1. The molecule has 0 radical (unpaired) electrons. The lowest BCUT2D eigenvalue weighted by molar-refractivity contribution is -0.116. The zero-order valence-electron chi connectivity index (χ0n) is 26.4. The van der Waals surface area contributed by atoms with Crippen LogP contribution in [0.1, 0.15) is 44.0 Å². The number of hydrogen-bond donors (Lipinski definition) is 3. The Balaban J connectivity index is 1.30. The van der Waals surface area contributed by atoms with Crippen LogP contribution in [-0.4, -0.2) is 30.3 Å². The Kier molecular flexibility index (Phi) is 12.2. The van der Waals surface area contributed by atoms with Crippen molar-refractivity contribution in [1.29, 1.82) is 0 Å². The van der Waals surface area contributed by atoms with Gasteiger partial charge in [-0.1, -0.05) is 76.6 Å². The van der Waals surface area contributed by atoms with Crippen LogP contribution in [0, 0.1) is 0 Å². The number of halogens is 1. The maximum absolute atomic E-state index is 13.6. The predicted octanol–water partition coefficient (Wildman–Crippen LogP) is 8.51. The van der Waals surface area contributed by atoms with Crippen LogP contribution in [-0.2, 0) is 14.3 Å². The maximum atomic E-state index is 13.6. The van der Waals surface area contributed by atoms with E-state index in [2.05, 4.69) is 31.9 Å². The van der Waals surface area contributed by atoms with Crippen molar-refractivity contribution in [2.24, 2.45) is 0 Å². The van der Waals surface area contributed by atoms with Gasteiger partial charge in [-0.3, -0.25) is 14.4 Å². The minimum Gasteiger partial charge on any atom is -0.462 e.